The van der Waals surface area contributed by atoms with Gasteiger partial charge in [0.1, 0.15) is 5.82 Å². The van der Waals surface area contributed by atoms with Gasteiger partial charge in [-0.05, 0) is 104 Å². The third kappa shape index (κ3) is 5.48. The van der Waals surface area contributed by atoms with Crippen LogP contribution in [0, 0.1) is 34.3 Å². The molecule has 0 aliphatic rings. The van der Waals surface area contributed by atoms with Crippen LogP contribution >= 0.6 is 0 Å². The number of aromatic nitrogens is 3. The van der Waals surface area contributed by atoms with Crippen LogP contribution in [-0.4, -0.2) is 14.1 Å². The Balaban J connectivity index is 1.22. The zero-order chi connectivity index (χ0) is 38.1. The first-order valence-corrected chi connectivity index (χ1v) is 19.1. The number of pyridine rings is 1. The Morgan fingerprint density at radius 3 is 1.52 bits per heavy atom. The molecule has 0 atom stereocenters. The summed E-state index contributed by atoms with van der Waals surface area (Å²) in [5.74, 6) is 0.820. The minimum absolute atomic E-state index is 0.600. The van der Waals surface area contributed by atoms with Crippen LogP contribution in [0.2, 0.25) is 0 Å². The number of para-hydroxylation sites is 2. The van der Waals surface area contributed by atoms with Crippen molar-refractivity contribution in [3.8, 4) is 44.9 Å². The molecule has 0 N–H and O–H groups in total. The first-order valence-electron chi connectivity index (χ1n) is 19.1. The Morgan fingerprint density at radius 2 is 0.946 bits per heavy atom. The molecule has 0 fully saturated rings. The molecule has 7 aromatic carbocycles. The first kappa shape index (κ1) is 33.4. The highest BCUT2D eigenvalue weighted by atomic mass is 15.1. The highest BCUT2D eigenvalue weighted by molar-refractivity contribution is 6.12. The van der Waals surface area contributed by atoms with Crippen molar-refractivity contribution in [1.82, 2.24) is 14.1 Å². The summed E-state index contributed by atoms with van der Waals surface area (Å²) in [6.07, 6.45) is 2.02. The Labute approximate surface area is 326 Å². The number of hydrogen-bond acceptors (Lipinski definition) is 1. The molecule has 10 rings (SSSR count). The van der Waals surface area contributed by atoms with Gasteiger partial charge in [-0.3, -0.25) is 4.57 Å². The molecule has 0 amide bonds. The normalized spacial score (nSPS) is 11.6. The molecule has 0 radical (unpaired) electrons. The lowest BCUT2D eigenvalue weighted by Gasteiger charge is -2.17. The highest BCUT2D eigenvalue weighted by Gasteiger charge is 2.20. The van der Waals surface area contributed by atoms with Gasteiger partial charge in [0, 0.05) is 27.1 Å². The third-order valence-electron chi connectivity index (χ3n) is 11.1. The molecule has 0 spiro atoms. The van der Waals surface area contributed by atoms with Crippen LogP contribution in [0.4, 0.5) is 5.69 Å². The zero-order valence-corrected chi connectivity index (χ0v) is 31.8. The van der Waals surface area contributed by atoms with Crippen molar-refractivity contribution in [2.45, 2.75) is 27.7 Å². The molecular formula is C52H38N4. The fourth-order valence-corrected chi connectivity index (χ4v) is 8.81. The Morgan fingerprint density at radius 1 is 0.429 bits per heavy atom. The van der Waals surface area contributed by atoms with Crippen LogP contribution in [0.3, 0.4) is 0 Å². The second-order valence-corrected chi connectivity index (χ2v) is 15.1. The van der Waals surface area contributed by atoms with E-state index in [9.17, 15) is 0 Å². The lowest BCUT2D eigenvalue weighted by atomic mass is 9.99. The van der Waals surface area contributed by atoms with E-state index in [1.54, 1.807) is 0 Å². The monoisotopic (exact) mass is 718 g/mol. The molecule has 4 heteroatoms. The number of hydrogen-bond donors (Lipinski definition) is 0. The summed E-state index contributed by atoms with van der Waals surface area (Å²) >= 11 is 0. The largest absolute Gasteiger partial charge is 0.307 e. The van der Waals surface area contributed by atoms with E-state index in [2.05, 4.69) is 175 Å². The Kier molecular flexibility index (Phi) is 7.73. The van der Waals surface area contributed by atoms with E-state index in [-0.39, 0.29) is 0 Å². The highest BCUT2D eigenvalue weighted by Crippen LogP contribution is 2.41. The minimum atomic E-state index is 0.600. The fraction of sp³-hybridized carbons (Fsp3) is 0.0769. The summed E-state index contributed by atoms with van der Waals surface area (Å²) < 4.78 is 4.62. The van der Waals surface area contributed by atoms with Gasteiger partial charge < -0.3 is 4.57 Å². The van der Waals surface area contributed by atoms with Crippen molar-refractivity contribution >= 4 is 49.3 Å². The summed E-state index contributed by atoms with van der Waals surface area (Å²) in [7, 11) is 0. The van der Waals surface area contributed by atoms with E-state index in [0.29, 0.717) is 5.69 Å². The van der Waals surface area contributed by atoms with Gasteiger partial charge in [0.05, 0.1) is 40.5 Å². The van der Waals surface area contributed by atoms with Gasteiger partial charge in [0.25, 0.3) is 0 Å². The summed E-state index contributed by atoms with van der Waals surface area (Å²) in [4.78, 5) is 9.11. The maximum atomic E-state index is 7.87. The molecule has 0 aliphatic heterocycles. The van der Waals surface area contributed by atoms with Gasteiger partial charge in [0.15, 0.2) is 5.69 Å². The molecule has 0 bridgehead atoms. The van der Waals surface area contributed by atoms with Crippen LogP contribution in [0.5, 0.6) is 0 Å². The topological polar surface area (TPSA) is 27.1 Å². The quantitative estimate of drug-likeness (QED) is 0.163. The maximum absolute atomic E-state index is 7.87. The Hall–Kier alpha value is -7.22. The van der Waals surface area contributed by atoms with Crippen molar-refractivity contribution in [3.63, 3.8) is 0 Å². The van der Waals surface area contributed by atoms with Gasteiger partial charge in [-0.2, -0.15) is 0 Å². The average molecular weight is 719 g/mol. The molecule has 3 aromatic heterocycles. The Bertz CT molecular complexity index is 3220. The molecule has 0 unspecified atom stereocenters. The minimum Gasteiger partial charge on any atom is -0.307 e. The molecular weight excluding hydrogens is 681 g/mol. The maximum Gasteiger partial charge on any atom is 0.187 e. The van der Waals surface area contributed by atoms with Crippen LogP contribution in [0.25, 0.3) is 93.3 Å². The van der Waals surface area contributed by atoms with Gasteiger partial charge in [-0.15, -0.1) is 0 Å². The summed E-state index contributed by atoms with van der Waals surface area (Å²) in [6.45, 7) is 16.5. The molecule has 0 aliphatic carbocycles. The molecule has 266 valence electrons. The van der Waals surface area contributed by atoms with Gasteiger partial charge >= 0.3 is 0 Å². The molecule has 0 saturated carbocycles. The number of fused-ring (bicyclic) bond motifs is 6. The van der Waals surface area contributed by atoms with Gasteiger partial charge in [-0.25, -0.2) is 9.83 Å². The third-order valence-corrected chi connectivity index (χ3v) is 11.1. The van der Waals surface area contributed by atoms with Crippen LogP contribution < -0.4 is 0 Å². The van der Waals surface area contributed by atoms with Crippen molar-refractivity contribution in [2.24, 2.45) is 0 Å². The number of rotatable bonds is 5. The molecule has 3 heterocycles. The van der Waals surface area contributed by atoms with E-state index in [1.165, 1.54) is 66.1 Å². The summed E-state index contributed by atoms with van der Waals surface area (Å²) in [5, 5.41) is 4.73. The van der Waals surface area contributed by atoms with E-state index in [1.807, 2.05) is 24.4 Å². The van der Waals surface area contributed by atoms with Gasteiger partial charge in [-0.1, -0.05) is 125 Å². The second kappa shape index (κ2) is 13.0. The average Bonchev–Trinajstić information content (AvgIpc) is 3.72. The van der Waals surface area contributed by atoms with E-state index >= 15 is 0 Å². The van der Waals surface area contributed by atoms with Crippen molar-refractivity contribution in [3.05, 3.63) is 192 Å². The SMILES string of the molecule is [C-]#[N+]c1cccc(-c2cc(-n3c4ccccc4c4cc(-c5cc(C)cc(C)c5)ccc43)ncc2-n2c3ccccc3c3cc(-c4cc(C)cc(C)c4)ccc32)c1. The second-order valence-electron chi connectivity index (χ2n) is 15.1. The molecule has 0 saturated heterocycles. The van der Waals surface area contributed by atoms with Crippen molar-refractivity contribution in [1.29, 1.82) is 0 Å². The summed E-state index contributed by atoms with van der Waals surface area (Å²) in [5.41, 5.74) is 17.8. The smallest absolute Gasteiger partial charge is 0.187 e. The fourth-order valence-electron chi connectivity index (χ4n) is 8.81. The first-order chi connectivity index (χ1) is 27.3. The zero-order valence-electron chi connectivity index (χ0n) is 31.8. The lowest BCUT2D eigenvalue weighted by Crippen LogP contribution is -2.03. The van der Waals surface area contributed by atoms with Crippen molar-refractivity contribution in [2.75, 3.05) is 0 Å². The van der Waals surface area contributed by atoms with E-state index < -0.39 is 0 Å². The predicted octanol–water partition coefficient (Wildman–Crippen LogP) is 14.1. The van der Waals surface area contributed by atoms with E-state index in [4.69, 9.17) is 11.6 Å². The van der Waals surface area contributed by atoms with Gasteiger partial charge in [0.2, 0.25) is 0 Å². The number of aryl methyl sites for hydroxylation is 4. The molecule has 56 heavy (non-hydrogen) atoms. The number of benzene rings is 7. The molecule has 4 nitrogen and oxygen atoms in total. The van der Waals surface area contributed by atoms with Crippen molar-refractivity contribution < 1.29 is 0 Å². The predicted molar refractivity (Wildman–Crippen MR) is 234 cm³/mol. The summed E-state index contributed by atoms with van der Waals surface area (Å²) in [6, 6.07) is 54.4. The van der Waals surface area contributed by atoms with Crippen LogP contribution in [0.15, 0.2) is 158 Å². The molecule has 10 aromatic rings. The van der Waals surface area contributed by atoms with Crippen LogP contribution in [-0.2, 0) is 0 Å². The van der Waals surface area contributed by atoms with Crippen LogP contribution in [0.1, 0.15) is 22.3 Å². The standard InChI is InChI=1S/C52H38N4/c1-32-21-33(2)24-39(23-32)36-17-19-49-45(28-36)42-13-6-8-15-47(42)55(49)51-31-54-52(30-44(51)38-11-10-12-41(27-38)53-5)56-48-16-9-7-14-43(48)46-29-37(18-20-50(46)56)40-25-34(3)22-35(4)26-40/h6-31H,1-4H3. The lowest BCUT2D eigenvalue weighted by molar-refractivity contribution is 1.06. The van der Waals surface area contributed by atoms with E-state index in [0.717, 1.165) is 44.7 Å². The number of nitrogens with zero attached hydrogens (tertiary/aromatic N) is 4.